The third kappa shape index (κ3) is 5.45. The monoisotopic (exact) mass is 474 g/mol. The van der Waals surface area contributed by atoms with E-state index < -0.39 is 5.79 Å². The summed E-state index contributed by atoms with van der Waals surface area (Å²) in [6, 6.07) is 6.90. The van der Waals surface area contributed by atoms with E-state index in [-0.39, 0.29) is 18.0 Å². The number of piperidine rings is 1. The van der Waals surface area contributed by atoms with E-state index in [1.165, 1.54) is 11.3 Å². The first kappa shape index (κ1) is 23.5. The number of urea groups is 1. The van der Waals surface area contributed by atoms with E-state index in [2.05, 4.69) is 10.3 Å². The quantitative estimate of drug-likeness (QED) is 0.688. The van der Waals surface area contributed by atoms with Crippen molar-refractivity contribution in [2.24, 2.45) is 0 Å². The van der Waals surface area contributed by atoms with Gasteiger partial charge in [-0.25, -0.2) is 9.78 Å². The Morgan fingerprint density at radius 3 is 2.48 bits per heavy atom. The summed E-state index contributed by atoms with van der Waals surface area (Å²) in [4.78, 5) is 33.9. The lowest BCUT2D eigenvalue weighted by molar-refractivity contribution is -0.181. The number of anilines is 1. The third-order valence-electron chi connectivity index (χ3n) is 5.93. The predicted octanol–water partition coefficient (Wildman–Crippen LogP) is 3.57. The summed E-state index contributed by atoms with van der Waals surface area (Å²) in [5.41, 5.74) is 1.10. The van der Waals surface area contributed by atoms with Gasteiger partial charge in [0.25, 0.3) is 5.91 Å². The van der Waals surface area contributed by atoms with E-state index in [0.29, 0.717) is 62.1 Å². The van der Waals surface area contributed by atoms with Crippen LogP contribution in [0.4, 0.5) is 10.5 Å². The number of methoxy groups -OCH3 is 1. The van der Waals surface area contributed by atoms with Gasteiger partial charge in [-0.2, -0.15) is 0 Å². The van der Waals surface area contributed by atoms with Gasteiger partial charge in [-0.1, -0.05) is 0 Å². The second-order valence-corrected chi connectivity index (χ2v) is 9.35. The minimum Gasteiger partial charge on any atom is -0.497 e. The summed E-state index contributed by atoms with van der Waals surface area (Å²) in [6.45, 7) is 6.60. The number of rotatable bonds is 6. The summed E-state index contributed by atoms with van der Waals surface area (Å²) in [6.07, 6.45) is 1.34. The molecule has 0 aliphatic carbocycles. The molecule has 178 valence electrons. The minimum atomic E-state index is -0.515. The highest BCUT2D eigenvalue weighted by Gasteiger charge is 2.41. The highest BCUT2D eigenvalue weighted by atomic mass is 32.1. The number of hydrogen-bond acceptors (Lipinski definition) is 7. The molecule has 2 aliphatic heterocycles. The van der Waals surface area contributed by atoms with Crippen LogP contribution in [0, 0.1) is 0 Å². The maximum absolute atomic E-state index is 12.9. The van der Waals surface area contributed by atoms with Crippen molar-refractivity contribution >= 4 is 29.0 Å². The molecule has 2 aromatic rings. The van der Waals surface area contributed by atoms with Crippen LogP contribution in [-0.2, 0) is 16.0 Å². The number of hydrogen-bond donors (Lipinski definition) is 1. The number of ether oxygens (including phenoxy) is 3. The van der Waals surface area contributed by atoms with Crippen molar-refractivity contribution in [1.29, 1.82) is 0 Å². The fourth-order valence-electron chi connectivity index (χ4n) is 3.98. The van der Waals surface area contributed by atoms with Crippen LogP contribution in [0.25, 0.3) is 0 Å². The fourth-order valence-corrected chi connectivity index (χ4v) is 4.75. The smallest absolute Gasteiger partial charge is 0.322 e. The largest absolute Gasteiger partial charge is 0.497 e. The Hall–Kier alpha value is -2.69. The normalized spacial score (nSPS) is 17.4. The van der Waals surface area contributed by atoms with E-state index in [1.807, 2.05) is 13.8 Å². The molecule has 2 saturated heterocycles. The summed E-state index contributed by atoms with van der Waals surface area (Å²) in [7, 11) is 1.60. The molecule has 1 spiro atoms. The Morgan fingerprint density at radius 2 is 1.88 bits per heavy atom. The molecule has 10 heteroatoms. The van der Waals surface area contributed by atoms with Gasteiger partial charge in [0.1, 0.15) is 16.5 Å². The number of nitrogens with zero attached hydrogens (tertiary/aromatic N) is 3. The van der Waals surface area contributed by atoms with Crippen LogP contribution in [0.3, 0.4) is 0 Å². The van der Waals surface area contributed by atoms with Crippen LogP contribution in [-0.4, -0.2) is 72.0 Å². The van der Waals surface area contributed by atoms with Gasteiger partial charge in [0.05, 0.1) is 26.9 Å². The first-order chi connectivity index (χ1) is 15.9. The molecule has 0 unspecified atom stereocenters. The van der Waals surface area contributed by atoms with Crippen molar-refractivity contribution < 1.29 is 23.8 Å². The Morgan fingerprint density at radius 1 is 1.21 bits per heavy atom. The van der Waals surface area contributed by atoms with Crippen molar-refractivity contribution in [3.05, 3.63) is 40.3 Å². The van der Waals surface area contributed by atoms with Gasteiger partial charge >= 0.3 is 6.03 Å². The Labute approximate surface area is 197 Å². The highest BCUT2D eigenvalue weighted by molar-refractivity contribution is 7.09. The van der Waals surface area contributed by atoms with Crippen molar-refractivity contribution in [3.8, 4) is 5.75 Å². The highest BCUT2D eigenvalue weighted by Crippen LogP contribution is 2.32. The van der Waals surface area contributed by atoms with Gasteiger partial charge in [-0.3, -0.25) is 4.79 Å². The number of carbonyl (C=O) groups is 2. The molecule has 1 aromatic heterocycles. The van der Waals surface area contributed by atoms with E-state index in [4.69, 9.17) is 14.2 Å². The average Bonchev–Trinajstić information content (AvgIpc) is 3.48. The van der Waals surface area contributed by atoms with Gasteiger partial charge in [0, 0.05) is 43.0 Å². The summed E-state index contributed by atoms with van der Waals surface area (Å²) in [5.74, 6) is 0.115. The number of carbonyl (C=O) groups excluding carboxylic acids is 2. The summed E-state index contributed by atoms with van der Waals surface area (Å²) >= 11 is 1.39. The third-order valence-corrected chi connectivity index (χ3v) is 6.76. The van der Waals surface area contributed by atoms with Crippen LogP contribution in [0.15, 0.2) is 29.6 Å². The Bertz CT molecular complexity index is 961. The van der Waals surface area contributed by atoms with E-state index in [0.717, 1.165) is 5.75 Å². The average molecular weight is 475 g/mol. The topological polar surface area (TPSA) is 93.2 Å². The fraction of sp³-hybridized carbons (Fsp3) is 0.522. The van der Waals surface area contributed by atoms with Gasteiger partial charge in [-0.15, -0.1) is 11.3 Å². The molecule has 3 amide bonds. The zero-order chi connectivity index (χ0) is 23.4. The second-order valence-electron chi connectivity index (χ2n) is 8.41. The Balaban J connectivity index is 1.36. The minimum absolute atomic E-state index is 0.0454. The molecule has 0 saturated carbocycles. The van der Waals surface area contributed by atoms with Crippen LogP contribution in [0.1, 0.15) is 42.2 Å². The molecule has 2 fully saturated rings. The molecule has 1 N–H and O–H groups in total. The van der Waals surface area contributed by atoms with Crippen molar-refractivity contribution in [2.45, 2.75) is 45.1 Å². The van der Waals surface area contributed by atoms with E-state index in [1.54, 1.807) is 46.6 Å². The van der Waals surface area contributed by atoms with Gasteiger partial charge in [0.15, 0.2) is 5.79 Å². The maximum atomic E-state index is 12.9. The molecule has 4 rings (SSSR count). The lowest BCUT2D eigenvalue weighted by Crippen LogP contribution is -2.47. The van der Waals surface area contributed by atoms with Crippen LogP contribution in [0.5, 0.6) is 5.75 Å². The zero-order valence-corrected chi connectivity index (χ0v) is 20.0. The van der Waals surface area contributed by atoms with Crippen molar-refractivity contribution in [2.75, 3.05) is 38.7 Å². The molecule has 33 heavy (non-hydrogen) atoms. The molecular weight excluding hydrogens is 444 g/mol. The first-order valence-electron chi connectivity index (χ1n) is 11.1. The molecule has 0 radical (unpaired) electrons. The number of amides is 3. The lowest BCUT2D eigenvalue weighted by atomic mass is 10.0. The molecular formula is C23H30N4O5S. The number of benzene rings is 1. The zero-order valence-electron chi connectivity index (χ0n) is 19.2. The maximum Gasteiger partial charge on any atom is 0.322 e. The van der Waals surface area contributed by atoms with Crippen LogP contribution < -0.4 is 10.1 Å². The van der Waals surface area contributed by atoms with Crippen LogP contribution >= 0.6 is 11.3 Å². The predicted molar refractivity (Wildman–Crippen MR) is 125 cm³/mol. The first-order valence-corrected chi connectivity index (χ1v) is 12.0. The van der Waals surface area contributed by atoms with E-state index in [9.17, 15) is 9.59 Å². The second kappa shape index (κ2) is 10.1. The number of likely N-dealkylation sites (tertiary alicyclic amines) is 1. The standard InChI is InChI=1S/C23H30N4O5S/c1-16(2)27(22(29)24-17-4-6-18(30-3)7-5-17)14-20-25-19(15-33-20)21(28)26-10-8-23(9-11-26)31-12-13-32-23/h4-7,15-16H,8-14H2,1-3H3,(H,24,29). The molecule has 0 bridgehead atoms. The number of aromatic nitrogens is 1. The van der Waals surface area contributed by atoms with E-state index >= 15 is 0 Å². The Kier molecular flexibility index (Phi) is 7.16. The van der Waals surface area contributed by atoms with Crippen molar-refractivity contribution in [1.82, 2.24) is 14.8 Å². The molecule has 1 aromatic carbocycles. The van der Waals surface area contributed by atoms with Crippen molar-refractivity contribution in [3.63, 3.8) is 0 Å². The molecule has 9 nitrogen and oxygen atoms in total. The lowest BCUT2D eigenvalue weighted by Gasteiger charge is -2.37. The summed E-state index contributed by atoms with van der Waals surface area (Å²) in [5, 5.41) is 5.39. The molecule has 3 heterocycles. The van der Waals surface area contributed by atoms with Gasteiger partial charge < -0.3 is 29.3 Å². The molecule has 2 aliphatic rings. The SMILES string of the molecule is COc1ccc(NC(=O)N(Cc2nc(C(=O)N3CCC4(CC3)OCCO4)cs2)C(C)C)cc1. The van der Waals surface area contributed by atoms with Gasteiger partial charge in [0.2, 0.25) is 0 Å². The summed E-state index contributed by atoms with van der Waals surface area (Å²) < 4.78 is 16.6. The number of thiazole rings is 1. The van der Waals surface area contributed by atoms with Crippen LogP contribution in [0.2, 0.25) is 0 Å². The van der Waals surface area contributed by atoms with Gasteiger partial charge in [-0.05, 0) is 38.1 Å². The molecule has 0 atom stereocenters. The number of nitrogens with one attached hydrogen (secondary N) is 1.